The molecule has 7 unspecified atom stereocenters. The standard InChI is InChI=1S/C68H121NO8/c1-3-5-7-9-11-13-15-17-19-21-23-25-26-27-28-29-30-31-32-33-34-35-36-38-39-41-43-45-47-49-51-53-55-57-62(71)61(60-76-68-67(75)66(74)65(73)63(59-70)77-68)69-64(72)58-56-54-52-50-48-46-44-42-40-37-24-22-20-18-16-14-12-10-8-6-4-2/h6,8,12,14,18,20,24,37,39,41,47,49,55,57,61-63,65-68,70-71,73-75H,3-5,7,9-11,13,15-17,19,21-23,25-36,38,40,42-46,48,50-54,56,58-60H2,1-2H3,(H,69,72)/b8-6-,14-12-,20-18-,37-24-,41-39+,49-47+,57-55+. The zero-order chi connectivity index (χ0) is 55.8. The Hall–Kier alpha value is -2.63. The van der Waals surface area contributed by atoms with Crippen LogP contribution in [0.15, 0.2) is 85.1 Å². The quantitative estimate of drug-likeness (QED) is 0.0261. The van der Waals surface area contributed by atoms with Crippen LogP contribution in [0.3, 0.4) is 0 Å². The van der Waals surface area contributed by atoms with Gasteiger partial charge in [-0.05, 0) is 83.5 Å². The summed E-state index contributed by atoms with van der Waals surface area (Å²) < 4.78 is 11.3. The lowest BCUT2D eigenvalue weighted by molar-refractivity contribution is -0.302. The third-order valence-corrected chi connectivity index (χ3v) is 14.9. The van der Waals surface area contributed by atoms with Crippen molar-refractivity contribution in [3.63, 3.8) is 0 Å². The minimum absolute atomic E-state index is 0.200. The fourth-order valence-electron chi connectivity index (χ4n) is 9.89. The number of ether oxygens (including phenoxy) is 2. The van der Waals surface area contributed by atoms with Gasteiger partial charge in [-0.15, -0.1) is 0 Å². The predicted molar refractivity (Wildman–Crippen MR) is 327 cm³/mol. The van der Waals surface area contributed by atoms with Crippen LogP contribution in [-0.2, 0) is 14.3 Å². The van der Waals surface area contributed by atoms with Crippen LogP contribution in [-0.4, -0.2) is 87.5 Å². The third kappa shape index (κ3) is 45.8. The molecule has 1 heterocycles. The molecule has 0 spiro atoms. The SMILES string of the molecule is CC/C=C\C/C=C\C/C=C\C/C=C\CCCCCCCCCCC(=O)NC(COC1OC(CO)C(O)C(O)C1O)C(O)/C=C/CC/C=C/CC/C=C/CCCCCCCCCCCCCCCCCCCCCCCCC. The summed E-state index contributed by atoms with van der Waals surface area (Å²) in [5.74, 6) is -0.200. The molecule has 1 aliphatic rings. The van der Waals surface area contributed by atoms with Gasteiger partial charge in [0.05, 0.1) is 25.4 Å². The number of carbonyl (C=O) groups excluding carboxylic acids is 1. The Balaban J connectivity index is 2.20. The van der Waals surface area contributed by atoms with Gasteiger partial charge in [-0.2, -0.15) is 0 Å². The lowest BCUT2D eigenvalue weighted by Crippen LogP contribution is -2.60. The van der Waals surface area contributed by atoms with Crippen LogP contribution in [0.1, 0.15) is 284 Å². The molecule has 0 aromatic rings. The van der Waals surface area contributed by atoms with E-state index in [9.17, 15) is 30.3 Å². The van der Waals surface area contributed by atoms with Crippen molar-refractivity contribution >= 4 is 5.91 Å². The van der Waals surface area contributed by atoms with E-state index in [1.807, 2.05) is 6.08 Å². The van der Waals surface area contributed by atoms with Crippen molar-refractivity contribution < 1.29 is 39.8 Å². The Morgan fingerprint density at radius 1 is 0.455 bits per heavy atom. The summed E-state index contributed by atoms with van der Waals surface area (Å²) in [5, 5.41) is 54.6. The Morgan fingerprint density at radius 2 is 0.818 bits per heavy atom. The first-order valence-corrected chi connectivity index (χ1v) is 32.3. The lowest BCUT2D eigenvalue weighted by atomic mass is 9.99. The van der Waals surface area contributed by atoms with E-state index in [2.05, 4.69) is 92.1 Å². The second kappa shape index (κ2) is 56.6. The molecule has 1 fully saturated rings. The average molecular weight is 1080 g/mol. The van der Waals surface area contributed by atoms with E-state index in [1.165, 1.54) is 180 Å². The molecule has 1 rings (SSSR count). The lowest BCUT2D eigenvalue weighted by Gasteiger charge is -2.40. The largest absolute Gasteiger partial charge is 0.394 e. The summed E-state index contributed by atoms with van der Waals surface area (Å²) in [6, 6.07) is -0.839. The predicted octanol–water partition coefficient (Wildman–Crippen LogP) is 17.0. The summed E-state index contributed by atoms with van der Waals surface area (Å²) in [6.07, 6.45) is 73.9. The molecule has 9 heteroatoms. The maximum atomic E-state index is 13.1. The second-order valence-corrected chi connectivity index (χ2v) is 22.2. The number of rotatable bonds is 55. The Morgan fingerprint density at radius 3 is 1.25 bits per heavy atom. The molecule has 7 atom stereocenters. The van der Waals surface area contributed by atoms with Crippen molar-refractivity contribution in [3.8, 4) is 0 Å². The van der Waals surface area contributed by atoms with Crippen molar-refractivity contribution in [3.05, 3.63) is 85.1 Å². The molecule has 1 saturated heterocycles. The first-order valence-electron chi connectivity index (χ1n) is 32.3. The fourth-order valence-corrected chi connectivity index (χ4v) is 9.89. The number of hydrogen-bond acceptors (Lipinski definition) is 8. The maximum Gasteiger partial charge on any atom is 0.220 e. The van der Waals surface area contributed by atoms with E-state index >= 15 is 0 Å². The van der Waals surface area contributed by atoms with Gasteiger partial charge in [-0.1, -0.05) is 279 Å². The second-order valence-electron chi connectivity index (χ2n) is 22.2. The van der Waals surface area contributed by atoms with E-state index < -0.39 is 49.5 Å². The van der Waals surface area contributed by atoms with Gasteiger partial charge >= 0.3 is 0 Å². The van der Waals surface area contributed by atoms with Gasteiger partial charge in [-0.3, -0.25) is 4.79 Å². The number of hydrogen-bond donors (Lipinski definition) is 6. The Bertz CT molecular complexity index is 1490. The minimum Gasteiger partial charge on any atom is -0.394 e. The van der Waals surface area contributed by atoms with Crippen LogP contribution in [0.4, 0.5) is 0 Å². The fraction of sp³-hybridized carbons (Fsp3) is 0.779. The molecule has 1 amide bonds. The van der Waals surface area contributed by atoms with E-state index in [-0.39, 0.29) is 12.5 Å². The number of unbranched alkanes of at least 4 members (excludes halogenated alkanes) is 33. The van der Waals surface area contributed by atoms with Gasteiger partial charge in [0, 0.05) is 6.42 Å². The average Bonchev–Trinajstić information content (AvgIpc) is 3.43. The molecule has 0 bridgehead atoms. The maximum absolute atomic E-state index is 13.1. The van der Waals surface area contributed by atoms with Crippen LogP contribution < -0.4 is 5.32 Å². The van der Waals surface area contributed by atoms with Crippen LogP contribution in [0.5, 0.6) is 0 Å². The van der Waals surface area contributed by atoms with E-state index in [4.69, 9.17) is 9.47 Å². The first-order chi connectivity index (χ1) is 37.8. The molecule has 0 saturated carbocycles. The molecule has 0 aromatic heterocycles. The van der Waals surface area contributed by atoms with Gasteiger partial charge in [0.2, 0.25) is 5.91 Å². The van der Waals surface area contributed by atoms with E-state index in [0.717, 1.165) is 83.5 Å². The summed E-state index contributed by atoms with van der Waals surface area (Å²) >= 11 is 0. The number of carbonyl (C=O) groups is 1. The van der Waals surface area contributed by atoms with Crippen LogP contribution in [0.2, 0.25) is 0 Å². The van der Waals surface area contributed by atoms with Crippen molar-refractivity contribution in [2.75, 3.05) is 13.2 Å². The van der Waals surface area contributed by atoms with Crippen molar-refractivity contribution in [1.82, 2.24) is 5.32 Å². The molecule has 6 N–H and O–H groups in total. The number of amides is 1. The molecule has 9 nitrogen and oxygen atoms in total. The van der Waals surface area contributed by atoms with Crippen molar-refractivity contribution in [1.29, 1.82) is 0 Å². The van der Waals surface area contributed by atoms with Crippen LogP contribution in [0, 0.1) is 0 Å². The highest BCUT2D eigenvalue weighted by molar-refractivity contribution is 5.76. The number of aliphatic hydroxyl groups is 5. The van der Waals surface area contributed by atoms with Crippen molar-refractivity contribution in [2.45, 2.75) is 326 Å². The van der Waals surface area contributed by atoms with Gasteiger partial charge in [0.25, 0.3) is 0 Å². The van der Waals surface area contributed by atoms with E-state index in [0.29, 0.717) is 6.42 Å². The molecular weight excluding hydrogens is 959 g/mol. The minimum atomic E-state index is -1.58. The molecular formula is C68H121NO8. The van der Waals surface area contributed by atoms with Gasteiger partial charge in [0.1, 0.15) is 24.4 Å². The molecule has 0 radical (unpaired) electrons. The molecule has 0 aromatic carbocycles. The topological polar surface area (TPSA) is 149 Å². The first kappa shape index (κ1) is 72.4. The van der Waals surface area contributed by atoms with Gasteiger partial charge in [-0.25, -0.2) is 0 Å². The van der Waals surface area contributed by atoms with E-state index in [1.54, 1.807) is 6.08 Å². The van der Waals surface area contributed by atoms with Gasteiger partial charge in [0.15, 0.2) is 6.29 Å². The highest BCUT2D eigenvalue weighted by Gasteiger charge is 2.44. The zero-order valence-electron chi connectivity index (χ0n) is 49.7. The summed E-state index contributed by atoms with van der Waals surface area (Å²) in [6.45, 7) is 3.66. The van der Waals surface area contributed by atoms with Crippen molar-refractivity contribution in [2.24, 2.45) is 0 Å². The zero-order valence-corrected chi connectivity index (χ0v) is 49.7. The van der Waals surface area contributed by atoms with Crippen LogP contribution in [0.25, 0.3) is 0 Å². The highest BCUT2D eigenvalue weighted by Crippen LogP contribution is 2.23. The monoisotopic (exact) mass is 1080 g/mol. The normalized spacial score (nSPS) is 19.3. The molecule has 77 heavy (non-hydrogen) atoms. The Labute approximate surface area is 473 Å². The highest BCUT2D eigenvalue weighted by atomic mass is 16.7. The molecule has 446 valence electrons. The summed E-state index contributed by atoms with van der Waals surface area (Å²) in [5.41, 5.74) is 0. The Kier molecular flexibility index (Phi) is 53.2. The molecule has 0 aliphatic carbocycles. The number of aliphatic hydroxyl groups excluding tert-OH is 5. The van der Waals surface area contributed by atoms with Crippen LogP contribution >= 0.6 is 0 Å². The summed E-state index contributed by atoms with van der Waals surface area (Å²) in [7, 11) is 0. The number of nitrogens with one attached hydrogen (secondary N) is 1. The third-order valence-electron chi connectivity index (χ3n) is 14.9. The number of allylic oxidation sites excluding steroid dienone is 13. The molecule has 1 aliphatic heterocycles. The smallest absolute Gasteiger partial charge is 0.220 e. The van der Waals surface area contributed by atoms with Gasteiger partial charge < -0.3 is 40.3 Å². The summed E-state index contributed by atoms with van der Waals surface area (Å²) in [4.78, 5) is 13.1.